The monoisotopic (exact) mass is 722 g/mol. The Bertz CT molecular complexity index is 1630. The SMILES string of the molecule is CCCc1ccc2[cH-]c(C)cc2c1-c1cc(C(F)(F)F)cc(C(F)(F)F)c1.[Cl][Zr+2][Cl].[c-]1cccc2c1[Si]c1ccccc1-2. The zero-order valence-corrected chi connectivity index (χ0v) is 28.0. The van der Waals surface area contributed by atoms with E-state index in [1.165, 1.54) is 21.5 Å². The van der Waals surface area contributed by atoms with Crippen LogP contribution in [0.1, 0.15) is 35.6 Å². The molecule has 5 aromatic rings. The molecular weight excluding hydrogens is 701 g/mol. The Morgan fingerprint density at radius 1 is 0.837 bits per heavy atom. The van der Waals surface area contributed by atoms with Gasteiger partial charge in [0.2, 0.25) is 0 Å². The zero-order chi connectivity index (χ0) is 31.4. The summed E-state index contributed by atoms with van der Waals surface area (Å²) in [7, 11) is 10.7. The first-order chi connectivity index (χ1) is 20.4. The number of halogens is 8. The van der Waals surface area contributed by atoms with E-state index in [1.54, 1.807) is 12.1 Å². The first-order valence-corrected chi connectivity index (χ1v) is 20.5. The van der Waals surface area contributed by atoms with Gasteiger partial charge in [0.25, 0.3) is 0 Å². The van der Waals surface area contributed by atoms with Gasteiger partial charge in [0.1, 0.15) is 0 Å². The molecule has 220 valence electrons. The van der Waals surface area contributed by atoms with Gasteiger partial charge in [-0.3, -0.25) is 0 Å². The van der Waals surface area contributed by atoms with Crippen molar-refractivity contribution in [2.24, 2.45) is 0 Å². The second-order valence-electron chi connectivity index (χ2n) is 9.88. The van der Waals surface area contributed by atoms with Crippen molar-refractivity contribution in [2.75, 3.05) is 0 Å². The summed E-state index contributed by atoms with van der Waals surface area (Å²) < 4.78 is 79.5. The Morgan fingerprint density at radius 2 is 1.47 bits per heavy atom. The molecule has 0 spiro atoms. The molecule has 43 heavy (non-hydrogen) atoms. The average Bonchev–Trinajstić information content (AvgIpc) is 3.52. The van der Waals surface area contributed by atoms with Crippen molar-refractivity contribution in [3.63, 3.8) is 0 Å². The molecule has 10 heteroatoms. The molecule has 0 N–H and O–H groups in total. The van der Waals surface area contributed by atoms with Gasteiger partial charge in [0.15, 0.2) is 0 Å². The Balaban J connectivity index is 0.000000217. The zero-order valence-electron chi connectivity index (χ0n) is 23.0. The molecule has 0 amide bonds. The number of hydrogen-bond donors (Lipinski definition) is 0. The predicted molar refractivity (Wildman–Crippen MR) is 161 cm³/mol. The minimum absolute atomic E-state index is 0.0585. The van der Waals surface area contributed by atoms with Crippen molar-refractivity contribution in [1.82, 2.24) is 0 Å². The van der Waals surface area contributed by atoms with E-state index in [4.69, 9.17) is 17.0 Å². The van der Waals surface area contributed by atoms with Crippen LogP contribution < -0.4 is 10.4 Å². The van der Waals surface area contributed by atoms with Crippen LogP contribution in [-0.2, 0) is 39.6 Å². The van der Waals surface area contributed by atoms with Gasteiger partial charge in [-0.25, -0.2) is 0 Å². The Hall–Kier alpha value is -2.25. The summed E-state index contributed by atoms with van der Waals surface area (Å²) >= 11 is -0.826. The van der Waals surface area contributed by atoms with Gasteiger partial charge in [0, 0.05) is 0 Å². The van der Waals surface area contributed by atoms with Crippen molar-refractivity contribution in [3.8, 4) is 22.3 Å². The summed E-state index contributed by atoms with van der Waals surface area (Å²) in [6.07, 6.45) is -8.44. The third-order valence-corrected chi connectivity index (χ3v) is 8.22. The first-order valence-electron chi connectivity index (χ1n) is 13.2. The smallest absolute Gasteiger partial charge is 0.0920 e. The molecule has 0 saturated heterocycles. The normalized spacial score (nSPS) is 12.0. The molecule has 0 atom stereocenters. The van der Waals surface area contributed by atoms with Crippen molar-refractivity contribution >= 4 is 47.7 Å². The summed E-state index contributed by atoms with van der Waals surface area (Å²) in [5, 5.41) is 4.29. The number of fused-ring (bicyclic) bond motifs is 4. The molecule has 5 aromatic carbocycles. The largest absolute Gasteiger partial charge is 0.184 e. The van der Waals surface area contributed by atoms with Gasteiger partial charge in [-0.15, -0.1) is 40.1 Å². The minimum Gasteiger partial charge on any atom is -0.184 e. The molecule has 2 radical (unpaired) electrons. The van der Waals surface area contributed by atoms with Gasteiger partial charge in [-0.2, -0.15) is 61.9 Å². The Kier molecular flexibility index (Phi) is 11.1. The average molecular weight is 725 g/mol. The van der Waals surface area contributed by atoms with Crippen molar-refractivity contribution < 1.29 is 47.2 Å². The van der Waals surface area contributed by atoms with Crippen LogP contribution in [0, 0.1) is 13.0 Å². The van der Waals surface area contributed by atoms with Gasteiger partial charge in [-0.1, -0.05) is 66.4 Å². The van der Waals surface area contributed by atoms with Gasteiger partial charge >= 0.3 is 50.2 Å². The fourth-order valence-electron chi connectivity index (χ4n) is 5.12. The van der Waals surface area contributed by atoms with Gasteiger partial charge < -0.3 is 0 Å². The van der Waals surface area contributed by atoms with Crippen LogP contribution in [0.3, 0.4) is 0 Å². The van der Waals surface area contributed by atoms with Crippen LogP contribution in [0.5, 0.6) is 0 Å². The van der Waals surface area contributed by atoms with Gasteiger partial charge in [-0.05, 0) is 30.2 Å². The summed E-state index contributed by atoms with van der Waals surface area (Å²) in [6, 6.07) is 27.3. The van der Waals surface area contributed by atoms with E-state index in [0.717, 1.165) is 44.6 Å². The molecular formula is C33H24Cl2F6SiZr. The molecule has 0 fully saturated rings. The van der Waals surface area contributed by atoms with Crippen molar-refractivity contribution in [2.45, 2.75) is 39.0 Å². The number of aryl methyl sites for hydroxylation is 2. The second-order valence-corrected chi connectivity index (χ2v) is 14.9. The van der Waals surface area contributed by atoms with E-state index in [-0.39, 0.29) is 11.6 Å². The topological polar surface area (TPSA) is 0 Å². The summed E-state index contributed by atoms with van der Waals surface area (Å²) in [6.45, 7) is 3.76. The first kappa shape index (κ1) is 33.6. The molecule has 1 heterocycles. The molecule has 0 aliphatic carbocycles. The van der Waals surface area contributed by atoms with Crippen LogP contribution in [0.15, 0.2) is 84.9 Å². The number of alkyl halides is 6. The molecule has 0 nitrogen and oxygen atoms in total. The van der Waals surface area contributed by atoms with Crippen LogP contribution in [-0.4, -0.2) is 9.52 Å². The van der Waals surface area contributed by atoms with E-state index < -0.39 is 44.3 Å². The van der Waals surface area contributed by atoms with Crippen molar-refractivity contribution in [3.05, 3.63) is 113 Å². The van der Waals surface area contributed by atoms with E-state index in [0.29, 0.717) is 17.4 Å². The number of benzene rings is 4. The third kappa shape index (κ3) is 8.08. The fourth-order valence-corrected chi connectivity index (χ4v) is 6.43. The van der Waals surface area contributed by atoms with Gasteiger partial charge in [0.05, 0.1) is 20.6 Å². The summed E-state index contributed by atoms with van der Waals surface area (Å²) in [5.41, 5.74) is 2.20. The second kappa shape index (κ2) is 14.2. The molecule has 1 aliphatic rings. The third-order valence-electron chi connectivity index (χ3n) is 6.85. The Labute approximate surface area is 267 Å². The maximum Gasteiger partial charge on any atom is 0.0920 e. The predicted octanol–water partition coefficient (Wildman–Crippen LogP) is 10.0. The summed E-state index contributed by atoms with van der Waals surface area (Å²) in [4.78, 5) is 0. The standard InChI is InChI=1S/C21H17F6.C12H7Si.2ClH.Zr/c1-3-4-13-5-6-14-7-12(2)8-18(14)19(13)15-9-16(20(22,23)24)11-17(10-15)21(25,26)27;1-3-7-11-9(5-1)10-6-2-4-8-12(10)13-11;;;/h5-11H,3-4H2,1-2H3;1-7H;2*1H;/q2*-1;;;+4/p-2. The molecule has 0 bridgehead atoms. The molecule has 0 unspecified atom stereocenters. The molecule has 0 aromatic heterocycles. The fraction of sp³-hybridized carbons (Fsp3) is 0.182. The van der Waals surface area contributed by atoms with E-state index in [2.05, 4.69) is 42.5 Å². The van der Waals surface area contributed by atoms with E-state index in [1.807, 2.05) is 32.0 Å². The quantitative estimate of drug-likeness (QED) is 0.0969. The molecule has 6 rings (SSSR count). The number of rotatable bonds is 3. The van der Waals surface area contributed by atoms with Crippen LogP contribution >= 0.6 is 17.0 Å². The maximum absolute atomic E-state index is 13.3. The molecule has 0 saturated carbocycles. The van der Waals surface area contributed by atoms with Crippen LogP contribution in [0.4, 0.5) is 26.3 Å². The van der Waals surface area contributed by atoms with Crippen LogP contribution in [0.25, 0.3) is 33.0 Å². The maximum atomic E-state index is 13.3. The number of hydrogen-bond acceptors (Lipinski definition) is 0. The Morgan fingerprint density at radius 3 is 2.09 bits per heavy atom. The van der Waals surface area contributed by atoms with Crippen LogP contribution in [0.2, 0.25) is 0 Å². The van der Waals surface area contributed by atoms with Crippen molar-refractivity contribution in [1.29, 1.82) is 0 Å². The van der Waals surface area contributed by atoms with E-state index >= 15 is 0 Å². The molecule has 1 aliphatic heterocycles. The minimum atomic E-state index is -4.86. The summed E-state index contributed by atoms with van der Waals surface area (Å²) in [5.74, 6) is 0. The van der Waals surface area contributed by atoms with E-state index in [9.17, 15) is 26.3 Å².